The molecule has 0 aromatic heterocycles. The van der Waals surface area contributed by atoms with Crippen molar-refractivity contribution in [2.24, 2.45) is 5.92 Å². The Morgan fingerprint density at radius 1 is 1.02 bits per heavy atom. The number of aliphatic hydroxyl groups excluding tert-OH is 2. The molecule has 0 radical (unpaired) electrons. The maximum Gasteiger partial charge on any atom is 0.407 e. The number of hydrogen-bond acceptors (Lipinski definition) is 9. The van der Waals surface area contributed by atoms with E-state index in [9.17, 15) is 9.90 Å². The van der Waals surface area contributed by atoms with Crippen LogP contribution in [0.15, 0.2) is 54.6 Å². The third-order valence-corrected chi connectivity index (χ3v) is 7.94. The zero-order valence-corrected chi connectivity index (χ0v) is 23.4. The molecule has 224 valence electrons. The van der Waals surface area contributed by atoms with Gasteiger partial charge in [0, 0.05) is 6.54 Å². The number of rotatable bonds is 14. The highest BCUT2D eigenvalue weighted by Gasteiger charge is 2.44. The molecule has 3 N–H and O–H groups in total. The number of hydroxylamine groups is 2. The number of hydrogen-bond donors (Lipinski definition) is 3. The first kappa shape index (κ1) is 29.8. The highest BCUT2D eigenvalue weighted by Crippen LogP contribution is 2.33. The number of alkyl carbamates (subject to hydrolysis) is 1. The van der Waals surface area contributed by atoms with Crippen LogP contribution in [-0.2, 0) is 32.0 Å². The summed E-state index contributed by atoms with van der Waals surface area (Å²) in [6.07, 6.45) is 3.35. The molecular formula is C31H42N2O8. The minimum atomic E-state index is -0.932. The minimum Gasteiger partial charge on any atom is -0.491 e. The van der Waals surface area contributed by atoms with Crippen LogP contribution in [0, 0.1) is 5.92 Å². The van der Waals surface area contributed by atoms with Gasteiger partial charge in [0.25, 0.3) is 0 Å². The third-order valence-electron chi connectivity index (χ3n) is 7.94. The van der Waals surface area contributed by atoms with Gasteiger partial charge in [0.05, 0.1) is 50.5 Å². The largest absolute Gasteiger partial charge is 0.491 e. The van der Waals surface area contributed by atoms with E-state index in [0.29, 0.717) is 31.9 Å². The Labute approximate surface area is 241 Å². The van der Waals surface area contributed by atoms with Gasteiger partial charge in [-0.15, -0.1) is 0 Å². The first-order chi connectivity index (χ1) is 20.1. The van der Waals surface area contributed by atoms with E-state index >= 15 is 0 Å². The summed E-state index contributed by atoms with van der Waals surface area (Å²) in [5.74, 6) is 0.717. The van der Waals surface area contributed by atoms with E-state index in [1.807, 2.05) is 54.6 Å². The van der Waals surface area contributed by atoms with Crippen LogP contribution < -0.4 is 10.1 Å². The molecule has 2 aromatic rings. The second-order valence-electron chi connectivity index (χ2n) is 11.0. The highest BCUT2D eigenvalue weighted by molar-refractivity contribution is 5.68. The van der Waals surface area contributed by atoms with Gasteiger partial charge in [0.2, 0.25) is 0 Å². The van der Waals surface area contributed by atoms with E-state index in [1.165, 1.54) is 0 Å². The normalized spacial score (nSPS) is 23.8. The van der Waals surface area contributed by atoms with E-state index in [1.54, 1.807) is 5.06 Å². The summed E-state index contributed by atoms with van der Waals surface area (Å²) < 4.78 is 22.4. The van der Waals surface area contributed by atoms with Gasteiger partial charge in [-0.3, -0.25) is 4.84 Å². The fourth-order valence-corrected chi connectivity index (χ4v) is 5.77. The van der Waals surface area contributed by atoms with Crippen molar-refractivity contribution < 1.29 is 38.8 Å². The molecule has 1 amide bonds. The number of amides is 1. The van der Waals surface area contributed by atoms with Crippen molar-refractivity contribution in [2.75, 3.05) is 33.0 Å². The summed E-state index contributed by atoms with van der Waals surface area (Å²) in [7, 11) is 0. The Morgan fingerprint density at radius 2 is 1.80 bits per heavy atom. The smallest absolute Gasteiger partial charge is 0.407 e. The number of nitrogens with zero attached hydrogens (tertiary/aromatic N) is 1. The van der Waals surface area contributed by atoms with Crippen LogP contribution in [0.1, 0.15) is 43.2 Å². The molecule has 2 aliphatic heterocycles. The van der Waals surface area contributed by atoms with Gasteiger partial charge in [-0.05, 0) is 48.9 Å². The molecule has 5 atom stereocenters. The maximum absolute atomic E-state index is 13.0. The third kappa shape index (κ3) is 8.64. The molecule has 2 aromatic carbocycles. The molecule has 5 rings (SSSR count). The van der Waals surface area contributed by atoms with Gasteiger partial charge in [-0.2, -0.15) is 5.06 Å². The van der Waals surface area contributed by atoms with Gasteiger partial charge < -0.3 is 34.5 Å². The van der Waals surface area contributed by atoms with E-state index in [0.717, 1.165) is 43.2 Å². The standard InChI is InChI=1S/C31H42N2O8/c34-15-17-37-24-12-10-23(11-13-24)19-33(41-25-8-4-5-9-25)20-28(35)27(18-22-6-2-1-3-7-22)32-31(36)40-29-21-39-30-26(29)14-16-38-30/h1-3,6-7,10-13,25-30,34-35H,4-5,8-9,14-21H2,(H,32,36). The van der Waals surface area contributed by atoms with Gasteiger partial charge >= 0.3 is 6.09 Å². The molecule has 2 saturated heterocycles. The van der Waals surface area contributed by atoms with Crippen molar-refractivity contribution >= 4 is 6.09 Å². The van der Waals surface area contributed by atoms with E-state index < -0.39 is 18.2 Å². The van der Waals surface area contributed by atoms with Crippen molar-refractivity contribution in [3.05, 3.63) is 65.7 Å². The lowest BCUT2D eigenvalue weighted by Crippen LogP contribution is -2.50. The molecule has 1 saturated carbocycles. The van der Waals surface area contributed by atoms with Crippen LogP contribution in [-0.4, -0.2) is 85.0 Å². The van der Waals surface area contributed by atoms with Crippen LogP contribution >= 0.6 is 0 Å². The SMILES string of the molecule is O=C(NC(Cc1ccccc1)C(O)CN(Cc1ccc(OCCO)cc1)OC1CCCC1)OC1COC2OCCC12. The summed E-state index contributed by atoms with van der Waals surface area (Å²) in [4.78, 5) is 19.4. The molecular weight excluding hydrogens is 528 g/mol. The predicted octanol–water partition coefficient (Wildman–Crippen LogP) is 3.19. The second kappa shape index (κ2) is 14.9. The fraction of sp³-hybridized carbons (Fsp3) is 0.581. The summed E-state index contributed by atoms with van der Waals surface area (Å²) in [6.45, 7) is 1.76. The number of carbonyl (C=O) groups is 1. The molecule has 10 heteroatoms. The number of benzene rings is 2. The molecule has 41 heavy (non-hydrogen) atoms. The van der Waals surface area contributed by atoms with Crippen molar-refractivity contribution in [1.82, 2.24) is 10.4 Å². The first-order valence-corrected chi connectivity index (χ1v) is 14.7. The Morgan fingerprint density at radius 3 is 2.56 bits per heavy atom. The molecule has 3 aliphatic rings. The Kier molecular flexibility index (Phi) is 10.8. The van der Waals surface area contributed by atoms with Gasteiger partial charge in [0.1, 0.15) is 18.5 Å². The van der Waals surface area contributed by atoms with Crippen molar-refractivity contribution in [2.45, 2.75) is 75.7 Å². The van der Waals surface area contributed by atoms with E-state index in [4.69, 9.17) is 28.9 Å². The lowest BCUT2D eigenvalue weighted by atomic mass is 10.0. The second-order valence-corrected chi connectivity index (χ2v) is 11.0. The fourth-order valence-electron chi connectivity index (χ4n) is 5.77. The Hall–Kier alpha value is -2.73. The van der Waals surface area contributed by atoms with Crippen LogP contribution in [0.25, 0.3) is 0 Å². The Balaban J connectivity index is 1.25. The lowest BCUT2D eigenvalue weighted by Gasteiger charge is -2.31. The molecule has 1 aliphatic carbocycles. The molecule has 2 heterocycles. The van der Waals surface area contributed by atoms with Crippen LogP contribution in [0.2, 0.25) is 0 Å². The summed E-state index contributed by atoms with van der Waals surface area (Å²) in [5.41, 5.74) is 1.99. The maximum atomic E-state index is 13.0. The average molecular weight is 571 g/mol. The van der Waals surface area contributed by atoms with Gasteiger partial charge in [-0.1, -0.05) is 55.3 Å². The van der Waals surface area contributed by atoms with Gasteiger partial charge in [-0.25, -0.2) is 4.79 Å². The summed E-state index contributed by atoms with van der Waals surface area (Å²) in [5, 5.41) is 25.3. The van der Waals surface area contributed by atoms with Crippen LogP contribution in [0.3, 0.4) is 0 Å². The first-order valence-electron chi connectivity index (χ1n) is 14.7. The highest BCUT2D eigenvalue weighted by atomic mass is 16.7. The average Bonchev–Trinajstić information content (AvgIpc) is 3.74. The van der Waals surface area contributed by atoms with Crippen LogP contribution in [0.4, 0.5) is 4.79 Å². The quantitative estimate of drug-likeness (QED) is 0.294. The van der Waals surface area contributed by atoms with Crippen LogP contribution in [0.5, 0.6) is 5.75 Å². The predicted molar refractivity (Wildman–Crippen MR) is 150 cm³/mol. The molecule has 0 spiro atoms. The summed E-state index contributed by atoms with van der Waals surface area (Å²) in [6, 6.07) is 16.8. The zero-order chi connectivity index (χ0) is 28.4. The topological polar surface area (TPSA) is 119 Å². The Bertz CT molecular complexity index is 1070. The molecule has 10 nitrogen and oxygen atoms in total. The lowest BCUT2D eigenvalue weighted by molar-refractivity contribution is -0.214. The number of fused-ring (bicyclic) bond motifs is 1. The van der Waals surface area contributed by atoms with Crippen molar-refractivity contribution in [1.29, 1.82) is 0 Å². The molecule has 3 fully saturated rings. The summed E-state index contributed by atoms with van der Waals surface area (Å²) >= 11 is 0. The number of nitrogens with one attached hydrogen (secondary N) is 1. The zero-order valence-electron chi connectivity index (χ0n) is 23.4. The van der Waals surface area contributed by atoms with Crippen molar-refractivity contribution in [3.63, 3.8) is 0 Å². The van der Waals surface area contributed by atoms with Gasteiger partial charge in [0.15, 0.2) is 6.29 Å². The number of carbonyl (C=O) groups excluding carboxylic acids is 1. The minimum absolute atomic E-state index is 0.0361. The molecule has 5 unspecified atom stereocenters. The van der Waals surface area contributed by atoms with E-state index in [2.05, 4.69) is 5.32 Å². The number of aliphatic hydroxyl groups is 2. The number of ether oxygens (including phenoxy) is 4. The van der Waals surface area contributed by atoms with E-state index in [-0.39, 0.29) is 44.2 Å². The monoisotopic (exact) mass is 570 g/mol. The molecule has 0 bridgehead atoms. The van der Waals surface area contributed by atoms with Crippen molar-refractivity contribution in [3.8, 4) is 5.75 Å².